The molecule has 0 aliphatic rings. The summed E-state index contributed by atoms with van der Waals surface area (Å²) in [6, 6.07) is 12.3. The van der Waals surface area contributed by atoms with Gasteiger partial charge in [0.05, 0.1) is 18.8 Å². The molecule has 0 atom stereocenters. The lowest BCUT2D eigenvalue weighted by molar-refractivity contribution is 0.0950. The fourth-order valence-electron chi connectivity index (χ4n) is 2.07. The van der Waals surface area contributed by atoms with Gasteiger partial charge in [0.2, 0.25) is 0 Å². The molecular weight excluding hydrogens is 290 g/mol. The fraction of sp³-hybridized carbons (Fsp3) is 0.0667. The maximum Gasteiger partial charge on any atom is 0.278 e. The molecule has 0 aliphatic heterocycles. The Morgan fingerprint density at radius 3 is 2.57 bits per heavy atom. The first-order chi connectivity index (χ1) is 9.69. The van der Waals surface area contributed by atoms with Gasteiger partial charge in [0.1, 0.15) is 5.75 Å². The molecule has 3 rings (SSSR count). The minimum absolute atomic E-state index is 0. The lowest BCUT2D eigenvalue weighted by Crippen LogP contribution is -2.13. The Hall–Kier alpha value is -2.53. The molecule has 0 saturated carbocycles. The van der Waals surface area contributed by atoms with Gasteiger partial charge >= 0.3 is 0 Å². The van der Waals surface area contributed by atoms with Crippen LogP contribution in [0.15, 0.2) is 48.7 Å². The number of halogens is 1. The van der Waals surface area contributed by atoms with E-state index in [1.165, 1.54) is 4.68 Å². The van der Waals surface area contributed by atoms with Gasteiger partial charge in [-0.2, -0.15) is 9.78 Å². The van der Waals surface area contributed by atoms with E-state index in [0.29, 0.717) is 17.0 Å². The number of carbonyl (C=O) groups is 1. The highest BCUT2D eigenvalue weighted by Gasteiger charge is 2.13. The third-order valence-electron chi connectivity index (χ3n) is 3.12. The smallest absolute Gasteiger partial charge is 0.278 e. The number of nitrogens with zero attached hydrogens (tertiary/aromatic N) is 2. The quantitative estimate of drug-likeness (QED) is 0.739. The number of fused-ring (bicyclic) bond motifs is 1. The number of methoxy groups -OCH3 is 1. The number of anilines is 1. The van der Waals surface area contributed by atoms with E-state index in [9.17, 15) is 4.79 Å². The third kappa shape index (κ3) is 2.68. The summed E-state index contributed by atoms with van der Waals surface area (Å²) in [5.74, 6) is 0.520. The van der Waals surface area contributed by atoms with E-state index in [2.05, 4.69) is 5.10 Å². The predicted octanol–water partition coefficient (Wildman–Crippen LogP) is 2.74. The first-order valence-corrected chi connectivity index (χ1v) is 6.11. The molecule has 0 aliphatic carbocycles. The van der Waals surface area contributed by atoms with Crippen molar-refractivity contribution in [3.05, 3.63) is 54.2 Å². The van der Waals surface area contributed by atoms with Crippen LogP contribution in [0, 0.1) is 0 Å². The highest BCUT2D eigenvalue weighted by molar-refractivity contribution is 6.01. The van der Waals surface area contributed by atoms with Gasteiger partial charge in [-0.15, -0.1) is 12.4 Å². The van der Waals surface area contributed by atoms with Crippen LogP contribution in [0.5, 0.6) is 5.75 Å². The number of hydrogen-bond donors (Lipinski definition) is 1. The number of benzene rings is 2. The Kier molecular flexibility index (Phi) is 4.14. The van der Waals surface area contributed by atoms with Crippen LogP contribution in [0.4, 0.5) is 5.69 Å². The first kappa shape index (κ1) is 14.9. The summed E-state index contributed by atoms with van der Waals surface area (Å²) in [6.07, 6.45) is 1.63. The van der Waals surface area contributed by atoms with Crippen LogP contribution in [0.1, 0.15) is 10.4 Å². The van der Waals surface area contributed by atoms with Crippen molar-refractivity contribution in [2.45, 2.75) is 0 Å². The number of ether oxygens (including phenoxy) is 1. The van der Waals surface area contributed by atoms with E-state index >= 15 is 0 Å². The van der Waals surface area contributed by atoms with Crippen molar-refractivity contribution in [2.24, 2.45) is 0 Å². The molecule has 21 heavy (non-hydrogen) atoms. The Morgan fingerprint density at radius 1 is 1.19 bits per heavy atom. The second-order valence-corrected chi connectivity index (χ2v) is 4.41. The first-order valence-electron chi connectivity index (χ1n) is 6.11. The molecule has 0 radical (unpaired) electrons. The van der Waals surface area contributed by atoms with Crippen LogP contribution < -0.4 is 10.5 Å². The van der Waals surface area contributed by atoms with E-state index in [1.54, 1.807) is 55.8 Å². The van der Waals surface area contributed by atoms with Gasteiger partial charge in [-0.3, -0.25) is 4.79 Å². The summed E-state index contributed by atoms with van der Waals surface area (Å²) in [5, 5.41) is 4.98. The van der Waals surface area contributed by atoms with Crippen molar-refractivity contribution in [3.8, 4) is 5.75 Å². The second-order valence-electron chi connectivity index (χ2n) is 4.41. The number of nitrogen functional groups attached to an aromatic ring is 1. The number of carbonyl (C=O) groups excluding carboxylic acids is 1. The van der Waals surface area contributed by atoms with Gasteiger partial charge in [0, 0.05) is 16.6 Å². The van der Waals surface area contributed by atoms with E-state index in [4.69, 9.17) is 10.5 Å². The molecule has 6 heteroatoms. The average molecular weight is 304 g/mol. The monoisotopic (exact) mass is 303 g/mol. The summed E-state index contributed by atoms with van der Waals surface area (Å²) in [7, 11) is 1.59. The summed E-state index contributed by atoms with van der Waals surface area (Å²) in [4.78, 5) is 12.4. The molecule has 0 spiro atoms. The predicted molar refractivity (Wildman–Crippen MR) is 84.1 cm³/mol. The molecule has 3 aromatic rings. The lowest BCUT2D eigenvalue weighted by atomic mass is 10.2. The van der Waals surface area contributed by atoms with Crippen molar-refractivity contribution in [1.29, 1.82) is 0 Å². The van der Waals surface area contributed by atoms with Gasteiger partial charge in [0.15, 0.2) is 0 Å². The zero-order valence-corrected chi connectivity index (χ0v) is 12.1. The minimum Gasteiger partial charge on any atom is -0.497 e. The summed E-state index contributed by atoms with van der Waals surface area (Å²) in [5.41, 5.74) is 7.65. The molecular formula is C15H14ClN3O2. The summed E-state index contributed by atoms with van der Waals surface area (Å²) in [6.45, 7) is 0. The van der Waals surface area contributed by atoms with Gasteiger partial charge < -0.3 is 10.5 Å². The number of nitrogens with two attached hydrogens (primary N) is 1. The van der Waals surface area contributed by atoms with Crippen molar-refractivity contribution in [1.82, 2.24) is 9.78 Å². The van der Waals surface area contributed by atoms with E-state index in [1.807, 2.05) is 0 Å². The Balaban J connectivity index is 0.00000161. The molecule has 0 saturated heterocycles. The Morgan fingerprint density at radius 2 is 1.90 bits per heavy atom. The Labute approximate surface area is 127 Å². The normalized spacial score (nSPS) is 10.1. The summed E-state index contributed by atoms with van der Waals surface area (Å²) < 4.78 is 6.45. The SMILES string of the molecule is COc1ccc(C(=O)n2ncc3cc(N)ccc32)cc1.Cl. The van der Waals surface area contributed by atoms with E-state index < -0.39 is 0 Å². The zero-order chi connectivity index (χ0) is 14.1. The van der Waals surface area contributed by atoms with Crippen LogP contribution in [-0.2, 0) is 0 Å². The Bertz CT molecular complexity index is 781. The standard InChI is InChI=1S/C15H13N3O2.ClH/c1-20-13-5-2-10(3-6-13)15(19)18-14-7-4-12(16)8-11(14)9-17-18;/h2-9H,16H2,1H3;1H. The molecule has 2 N–H and O–H groups in total. The van der Waals surface area contributed by atoms with Gasteiger partial charge in [0.25, 0.3) is 5.91 Å². The van der Waals surface area contributed by atoms with Gasteiger partial charge in [-0.25, -0.2) is 0 Å². The molecule has 1 heterocycles. The van der Waals surface area contributed by atoms with Crippen LogP contribution in [0.3, 0.4) is 0 Å². The molecule has 108 valence electrons. The van der Waals surface area contributed by atoms with Crippen LogP contribution in [0.2, 0.25) is 0 Å². The van der Waals surface area contributed by atoms with Crippen molar-refractivity contribution in [3.63, 3.8) is 0 Å². The van der Waals surface area contributed by atoms with Crippen LogP contribution in [-0.4, -0.2) is 22.8 Å². The highest BCUT2D eigenvalue weighted by atomic mass is 35.5. The van der Waals surface area contributed by atoms with Crippen molar-refractivity contribution >= 4 is 34.9 Å². The number of aromatic nitrogens is 2. The molecule has 2 aromatic carbocycles. The highest BCUT2D eigenvalue weighted by Crippen LogP contribution is 2.19. The molecule has 1 aromatic heterocycles. The van der Waals surface area contributed by atoms with Gasteiger partial charge in [-0.05, 0) is 42.5 Å². The second kappa shape index (κ2) is 5.85. The van der Waals surface area contributed by atoms with Crippen molar-refractivity contribution < 1.29 is 9.53 Å². The largest absolute Gasteiger partial charge is 0.497 e. The molecule has 5 nitrogen and oxygen atoms in total. The fourth-order valence-corrected chi connectivity index (χ4v) is 2.07. The minimum atomic E-state index is -0.188. The topological polar surface area (TPSA) is 70.1 Å². The maximum atomic E-state index is 12.4. The van der Waals surface area contributed by atoms with Crippen molar-refractivity contribution in [2.75, 3.05) is 12.8 Å². The lowest BCUT2D eigenvalue weighted by Gasteiger charge is -2.04. The molecule has 0 fully saturated rings. The van der Waals surface area contributed by atoms with E-state index in [-0.39, 0.29) is 18.3 Å². The molecule has 0 unspecified atom stereocenters. The molecule has 0 bridgehead atoms. The number of hydrogen-bond acceptors (Lipinski definition) is 4. The van der Waals surface area contributed by atoms with Gasteiger partial charge in [-0.1, -0.05) is 0 Å². The number of rotatable bonds is 2. The third-order valence-corrected chi connectivity index (χ3v) is 3.12. The molecule has 0 amide bonds. The van der Waals surface area contributed by atoms with Crippen LogP contribution in [0.25, 0.3) is 10.9 Å². The average Bonchev–Trinajstić information content (AvgIpc) is 2.89. The van der Waals surface area contributed by atoms with E-state index in [0.717, 1.165) is 10.9 Å². The maximum absolute atomic E-state index is 12.4. The zero-order valence-electron chi connectivity index (χ0n) is 11.3. The van der Waals surface area contributed by atoms with Crippen LogP contribution >= 0.6 is 12.4 Å². The summed E-state index contributed by atoms with van der Waals surface area (Å²) >= 11 is 0.